The molecule has 18 heavy (non-hydrogen) atoms. The zero-order valence-electron chi connectivity index (χ0n) is 9.87. The summed E-state index contributed by atoms with van der Waals surface area (Å²) in [6, 6.07) is 8.32. The molecule has 0 fully saturated rings. The molecule has 2 aromatic heterocycles. The van der Waals surface area contributed by atoms with Gasteiger partial charge in [-0.25, -0.2) is 15.0 Å². The summed E-state index contributed by atoms with van der Waals surface area (Å²) in [6.07, 6.45) is 5.04. The van der Waals surface area contributed by atoms with Crippen LogP contribution in [-0.2, 0) is 0 Å². The molecule has 0 radical (unpaired) electrons. The molecule has 5 heteroatoms. The van der Waals surface area contributed by atoms with Crippen molar-refractivity contribution >= 4 is 27.2 Å². The number of hydrogen-bond acceptors (Lipinski definition) is 5. The average molecular weight is 256 g/mol. The molecule has 0 bridgehead atoms. The van der Waals surface area contributed by atoms with Gasteiger partial charge in [-0.3, -0.25) is 0 Å². The van der Waals surface area contributed by atoms with Crippen LogP contribution in [-0.4, -0.2) is 15.0 Å². The molecule has 0 aliphatic heterocycles. The molecule has 0 saturated carbocycles. The van der Waals surface area contributed by atoms with Crippen LogP contribution in [0.1, 0.15) is 18.0 Å². The normalized spacial score (nSPS) is 12.5. The fraction of sp³-hybridized carbons (Fsp3) is 0.154. The van der Waals surface area contributed by atoms with E-state index in [9.17, 15) is 0 Å². The SMILES string of the molecule is CC(Nc1cncnc1)c1nc2ccccc2s1. The summed E-state index contributed by atoms with van der Waals surface area (Å²) in [7, 11) is 0. The van der Waals surface area contributed by atoms with Crippen molar-refractivity contribution in [2.24, 2.45) is 0 Å². The summed E-state index contributed by atoms with van der Waals surface area (Å²) in [4.78, 5) is 12.6. The van der Waals surface area contributed by atoms with Crippen LogP contribution in [0.5, 0.6) is 0 Å². The number of hydrogen-bond donors (Lipinski definition) is 1. The van der Waals surface area contributed by atoms with E-state index in [-0.39, 0.29) is 6.04 Å². The Kier molecular flexibility index (Phi) is 2.90. The summed E-state index contributed by atoms with van der Waals surface area (Å²) in [5, 5.41) is 4.41. The number of nitrogens with zero attached hydrogens (tertiary/aromatic N) is 3. The van der Waals surface area contributed by atoms with Crippen LogP contribution in [0.2, 0.25) is 0 Å². The van der Waals surface area contributed by atoms with Crippen molar-refractivity contribution < 1.29 is 0 Å². The fourth-order valence-corrected chi connectivity index (χ4v) is 2.73. The Balaban J connectivity index is 1.86. The van der Waals surface area contributed by atoms with Crippen LogP contribution in [0.15, 0.2) is 43.0 Å². The summed E-state index contributed by atoms with van der Waals surface area (Å²) < 4.78 is 1.21. The molecule has 0 spiro atoms. The van der Waals surface area contributed by atoms with Crippen molar-refractivity contribution in [1.82, 2.24) is 15.0 Å². The fourth-order valence-electron chi connectivity index (χ4n) is 1.76. The van der Waals surface area contributed by atoms with E-state index in [2.05, 4.69) is 33.3 Å². The van der Waals surface area contributed by atoms with Crippen LogP contribution < -0.4 is 5.32 Å². The average Bonchev–Trinajstić information content (AvgIpc) is 2.84. The number of para-hydroxylation sites is 1. The van der Waals surface area contributed by atoms with Gasteiger partial charge in [-0.15, -0.1) is 11.3 Å². The highest BCUT2D eigenvalue weighted by Crippen LogP contribution is 2.27. The summed E-state index contributed by atoms with van der Waals surface area (Å²) in [5.41, 5.74) is 1.96. The van der Waals surface area contributed by atoms with E-state index in [1.54, 1.807) is 23.7 Å². The van der Waals surface area contributed by atoms with Crippen molar-refractivity contribution in [2.45, 2.75) is 13.0 Å². The van der Waals surface area contributed by atoms with Gasteiger partial charge in [0.05, 0.1) is 34.3 Å². The predicted octanol–water partition coefficient (Wildman–Crippen LogP) is 3.26. The van der Waals surface area contributed by atoms with Gasteiger partial charge in [0.25, 0.3) is 0 Å². The number of benzene rings is 1. The summed E-state index contributed by atoms with van der Waals surface area (Å²) >= 11 is 1.71. The Morgan fingerprint density at radius 3 is 2.72 bits per heavy atom. The second-order valence-corrected chi connectivity index (χ2v) is 5.08. The monoisotopic (exact) mass is 256 g/mol. The highest BCUT2D eigenvalue weighted by molar-refractivity contribution is 7.18. The molecule has 1 unspecified atom stereocenters. The van der Waals surface area contributed by atoms with E-state index in [0.717, 1.165) is 16.2 Å². The number of thiazole rings is 1. The van der Waals surface area contributed by atoms with E-state index < -0.39 is 0 Å². The van der Waals surface area contributed by atoms with Gasteiger partial charge in [0.2, 0.25) is 0 Å². The molecule has 0 saturated heterocycles. The first kappa shape index (κ1) is 11.1. The summed E-state index contributed by atoms with van der Waals surface area (Å²) in [6.45, 7) is 2.09. The van der Waals surface area contributed by atoms with Gasteiger partial charge in [-0.1, -0.05) is 12.1 Å². The van der Waals surface area contributed by atoms with Gasteiger partial charge < -0.3 is 5.32 Å². The molecule has 3 aromatic rings. The molecule has 90 valence electrons. The quantitative estimate of drug-likeness (QED) is 0.781. The first-order chi connectivity index (χ1) is 8.83. The molecule has 3 rings (SSSR count). The number of nitrogens with one attached hydrogen (secondary N) is 1. The van der Waals surface area contributed by atoms with Crippen molar-refractivity contribution in [3.63, 3.8) is 0 Å². The number of aromatic nitrogens is 3. The van der Waals surface area contributed by atoms with Crippen molar-refractivity contribution in [1.29, 1.82) is 0 Å². The molecule has 4 nitrogen and oxygen atoms in total. The smallest absolute Gasteiger partial charge is 0.116 e. The van der Waals surface area contributed by atoms with Gasteiger partial charge in [0, 0.05) is 0 Å². The minimum absolute atomic E-state index is 0.147. The van der Waals surface area contributed by atoms with Crippen molar-refractivity contribution in [2.75, 3.05) is 5.32 Å². The van der Waals surface area contributed by atoms with Crippen LogP contribution in [0.3, 0.4) is 0 Å². The third-order valence-corrected chi connectivity index (χ3v) is 3.84. The standard InChI is InChI=1S/C13H12N4S/c1-9(16-10-6-14-8-15-7-10)13-17-11-4-2-3-5-12(11)18-13/h2-9,16H,1H3. The molecule has 1 aromatic carbocycles. The lowest BCUT2D eigenvalue weighted by atomic mass is 10.3. The van der Waals surface area contributed by atoms with E-state index in [4.69, 9.17) is 0 Å². The van der Waals surface area contributed by atoms with Gasteiger partial charge in [-0.05, 0) is 19.1 Å². The van der Waals surface area contributed by atoms with E-state index >= 15 is 0 Å². The van der Waals surface area contributed by atoms with Crippen molar-refractivity contribution in [3.8, 4) is 0 Å². The molecule has 1 atom stereocenters. The Hall–Kier alpha value is -2.01. The highest BCUT2D eigenvalue weighted by Gasteiger charge is 2.11. The minimum atomic E-state index is 0.147. The van der Waals surface area contributed by atoms with Gasteiger partial charge in [0.15, 0.2) is 0 Å². The molecule has 0 amide bonds. The first-order valence-electron chi connectivity index (χ1n) is 5.70. The van der Waals surface area contributed by atoms with E-state index in [0.29, 0.717) is 0 Å². The van der Waals surface area contributed by atoms with Crippen LogP contribution >= 0.6 is 11.3 Å². The molecular formula is C13H12N4S. The predicted molar refractivity (Wildman–Crippen MR) is 73.7 cm³/mol. The zero-order valence-corrected chi connectivity index (χ0v) is 10.7. The highest BCUT2D eigenvalue weighted by atomic mass is 32.1. The maximum atomic E-state index is 4.62. The maximum Gasteiger partial charge on any atom is 0.116 e. The zero-order chi connectivity index (χ0) is 12.4. The van der Waals surface area contributed by atoms with Crippen LogP contribution in [0.25, 0.3) is 10.2 Å². The Bertz CT molecular complexity index is 617. The molecule has 2 heterocycles. The third kappa shape index (κ3) is 2.17. The second kappa shape index (κ2) is 4.70. The maximum absolute atomic E-state index is 4.62. The molecular weight excluding hydrogens is 244 g/mol. The van der Waals surface area contributed by atoms with Crippen molar-refractivity contribution in [3.05, 3.63) is 48.0 Å². The Labute approximate surface area is 109 Å². The number of anilines is 1. The van der Waals surface area contributed by atoms with Gasteiger partial charge in [-0.2, -0.15) is 0 Å². The first-order valence-corrected chi connectivity index (χ1v) is 6.51. The molecule has 1 N–H and O–H groups in total. The third-order valence-electron chi connectivity index (χ3n) is 2.62. The lowest BCUT2D eigenvalue weighted by Crippen LogP contribution is -2.06. The largest absolute Gasteiger partial charge is 0.374 e. The van der Waals surface area contributed by atoms with Crippen LogP contribution in [0, 0.1) is 0 Å². The van der Waals surface area contributed by atoms with E-state index in [1.807, 2.05) is 18.2 Å². The van der Waals surface area contributed by atoms with Crippen LogP contribution in [0.4, 0.5) is 5.69 Å². The molecule has 0 aliphatic rings. The van der Waals surface area contributed by atoms with Gasteiger partial charge in [0.1, 0.15) is 11.3 Å². The van der Waals surface area contributed by atoms with Gasteiger partial charge >= 0.3 is 0 Å². The number of fused-ring (bicyclic) bond motifs is 1. The number of rotatable bonds is 3. The molecule has 0 aliphatic carbocycles. The summed E-state index contributed by atoms with van der Waals surface area (Å²) in [5.74, 6) is 0. The Morgan fingerprint density at radius 2 is 1.94 bits per heavy atom. The second-order valence-electron chi connectivity index (χ2n) is 4.01. The topological polar surface area (TPSA) is 50.7 Å². The lowest BCUT2D eigenvalue weighted by Gasteiger charge is -2.11. The Morgan fingerprint density at radius 1 is 1.17 bits per heavy atom. The lowest BCUT2D eigenvalue weighted by molar-refractivity contribution is 0.870. The van der Waals surface area contributed by atoms with E-state index in [1.165, 1.54) is 11.0 Å². The minimum Gasteiger partial charge on any atom is -0.374 e.